The Balaban J connectivity index is 1.75. The molecular formula is C21H13Br2N3O3. The van der Waals surface area contributed by atoms with Crippen LogP contribution in [0.25, 0.3) is 11.8 Å². The number of nitrogens with zero attached hydrogens (tertiary/aromatic N) is 2. The fourth-order valence-electron chi connectivity index (χ4n) is 3.00. The molecule has 0 unspecified atom stereocenters. The van der Waals surface area contributed by atoms with Gasteiger partial charge in [0.2, 0.25) is 0 Å². The average Bonchev–Trinajstić information content (AvgIpc) is 3.14. The molecule has 144 valence electrons. The molecule has 0 radical (unpaired) electrons. The van der Waals surface area contributed by atoms with E-state index < -0.39 is 17.8 Å². The first kappa shape index (κ1) is 19.4. The van der Waals surface area contributed by atoms with E-state index in [-0.39, 0.29) is 5.57 Å². The SMILES string of the molecule is O=C1NC(=O)N(c2cccc(Br)c2)C(=O)C1=Cc1cccn1-c1ccc(Br)cc1. The number of anilines is 1. The maximum absolute atomic E-state index is 13.0. The first-order valence-electron chi connectivity index (χ1n) is 8.54. The van der Waals surface area contributed by atoms with Crippen LogP contribution in [0, 0.1) is 0 Å². The van der Waals surface area contributed by atoms with Crippen LogP contribution in [0.3, 0.4) is 0 Å². The number of nitrogens with one attached hydrogen (secondary N) is 1. The van der Waals surface area contributed by atoms with Crippen molar-refractivity contribution in [2.75, 3.05) is 4.90 Å². The third-order valence-electron chi connectivity index (χ3n) is 4.35. The van der Waals surface area contributed by atoms with E-state index in [0.717, 1.165) is 15.1 Å². The molecule has 0 spiro atoms. The highest BCUT2D eigenvalue weighted by Crippen LogP contribution is 2.25. The van der Waals surface area contributed by atoms with Crippen LogP contribution in [0.5, 0.6) is 0 Å². The Labute approximate surface area is 183 Å². The quantitative estimate of drug-likeness (QED) is 0.408. The van der Waals surface area contributed by atoms with Crippen LogP contribution in [0.2, 0.25) is 0 Å². The summed E-state index contributed by atoms with van der Waals surface area (Å²) in [5, 5.41) is 2.24. The third kappa shape index (κ3) is 3.81. The second kappa shape index (κ2) is 7.81. The highest BCUT2D eigenvalue weighted by atomic mass is 79.9. The monoisotopic (exact) mass is 513 g/mol. The zero-order valence-electron chi connectivity index (χ0n) is 14.8. The lowest BCUT2D eigenvalue weighted by Crippen LogP contribution is -2.54. The van der Waals surface area contributed by atoms with Crippen LogP contribution < -0.4 is 10.2 Å². The van der Waals surface area contributed by atoms with Gasteiger partial charge < -0.3 is 4.57 Å². The van der Waals surface area contributed by atoms with E-state index >= 15 is 0 Å². The molecule has 1 aliphatic rings. The summed E-state index contributed by atoms with van der Waals surface area (Å²) in [6, 6.07) is 17.2. The number of carbonyl (C=O) groups excluding carboxylic acids is 3. The number of amides is 4. The fraction of sp³-hybridized carbons (Fsp3) is 0. The van der Waals surface area contributed by atoms with E-state index in [2.05, 4.69) is 37.2 Å². The summed E-state index contributed by atoms with van der Waals surface area (Å²) in [4.78, 5) is 38.7. The standard InChI is InChI=1S/C21H13Br2N3O3/c22-13-6-8-15(9-7-13)25-10-2-5-16(25)12-18-19(27)24-21(29)26(20(18)28)17-4-1-3-14(23)11-17/h1-12H,(H,24,27,29). The summed E-state index contributed by atoms with van der Waals surface area (Å²) < 4.78 is 3.50. The number of imide groups is 2. The van der Waals surface area contributed by atoms with E-state index in [4.69, 9.17) is 0 Å². The topological polar surface area (TPSA) is 71.4 Å². The zero-order valence-corrected chi connectivity index (χ0v) is 18.0. The largest absolute Gasteiger partial charge is 0.335 e. The number of halogens is 2. The summed E-state index contributed by atoms with van der Waals surface area (Å²) in [7, 11) is 0. The molecule has 0 aliphatic carbocycles. The summed E-state index contributed by atoms with van der Waals surface area (Å²) in [5.74, 6) is -1.41. The average molecular weight is 515 g/mol. The van der Waals surface area contributed by atoms with Gasteiger partial charge in [-0.3, -0.25) is 14.9 Å². The van der Waals surface area contributed by atoms with E-state index in [1.807, 2.05) is 41.1 Å². The molecule has 29 heavy (non-hydrogen) atoms. The van der Waals surface area contributed by atoms with Crippen molar-refractivity contribution in [1.82, 2.24) is 9.88 Å². The highest BCUT2D eigenvalue weighted by Gasteiger charge is 2.37. The number of benzene rings is 2. The van der Waals surface area contributed by atoms with Crippen LogP contribution in [-0.2, 0) is 9.59 Å². The Bertz CT molecular complexity index is 1170. The molecule has 0 atom stereocenters. The molecule has 1 fully saturated rings. The second-order valence-electron chi connectivity index (χ2n) is 6.22. The summed E-state index contributed by atoms with van der Waals surface area (Å²) in [5.41, 5.74) is 1.74. The summed E-state index contributed by atoms with van der Waals surface area (Å²) >= 11 is 6.73. The van der Waals surface area contributed by atoms with Crippen molar-refractivity contribution in [2.45, 2.75) is 0 Å². The van der Waals surface area contributed by atoms with Crippen LogP contribution in [-0.4, -0.2) is 22.4 Å². The maximum Gasteiger partial charge on any atom is 0.335 e. The summed E-state index contributed by atoms with van der Waals surface area (Å²) in [6.45, 7) is 0. The molecule has 0 bridgehead atoms. The van der Waals surface area contributed by atoms with E-state index in [0.29, 0.717) is 15.9 Å². The Morgan fingerprint density at radius 2 is 1.59 bits per heavy atom. The van der Waals surface area contributed by atoms with Crippen molar-refractivity contribution in [3.8, 4) is 5.69 Å². The Hall–Kier alpha value is -2.97. The Morgan fingerprint density at radius 3 is 2.31 bits per heavy atom. The molecule has 4 amide bonds. The number of aromatic nitrogens is 1. The van der Waals surface area contributed by atoms with Crippen LogP contribution in [0.1, 0.15) is 5.69 Å². The van der Waals surface area contributed by atoms with Crippen molar-refractivity contribution in [1.29, 1.82) is 0 Å². The smallest absolute Gasteiger partial charge is 0.317 e. The minimum atomic E-state index is -0.779. The van der Waals surface area contributed by atoms with Crippen LogP contribution >= 0.6 is 31.9 Å². The maximum atomic E-state index is 13.0. The van der Waals surface area contributed by atoms with Gasteiger partial charge >= 0.3 is 6.03 Å². The molecule has 1 aliphatic heterocycles. The minimum absolute atomic E-state index is 0.123. The van der Waals surface area contributed by atoms with Gasteiger partial charge in [-0.05, 0) is 60.7 Å². The van der Waals surface area contributed by atoms with Crippen LogP contribution in [0.4, 0.5) is 10.5 Å². The fourth-order valence-corrected chi connectivity index (χ4v) is 3.66. The number of carbonyl (C=O) groups is 3. The number of urea groups is 1. The first-order valence-corrected chi connectivity index (χ1v) is 10.1. The van der Waals surface area contributed by atoms with E-state index in [9.17, 15) is 14.4 Å². The predicted octanol–water partition coefficient (Wildman–Crippen LogP) is 4.67. The van der Waals surface area contributed by atoms with Crippen LogP contribution in [0.15, 0.2) is 81.4 Å². The minimum Gasteiger partial charge on any atom is -0.317 e. The van der Waals surface area contributed by atoms with Crippen molar-refractivity contribution in [2.24, 2.45) is 0 Å². The van der Waals surface area contributed by atoms with Crippen molar-refractivity contribution < 1.29 is 14.4 Å². The van der Waals surface area contributed by atoms with Gasteiger partial charge in [-0.15, -0.1) is 0 Å². The number of hydrogen-bond donors (Lipinski definition) is 1. The second-order valence-corrected chi connectivity index (χ2v) is 8.05. The molecule has 8 heteroatoms. The van der Waals surface area contributed by atoms with E-state index in [1.165, 1.54) is 6.08 Å². The van der Waals surface area contributed by atoms with Gasteiger partial charge in [0.25, 0.3) is 11.8 Å². The van der Waals surface area contributed by atoms with E-state index in [1.54, 1.807) is 30.3 Å². The molecule has 2 heterocycles. The normalized spacial score (nSPS) is 15.7. The lowest BCUT2D eigenvalue weighted by atomic mass is 10.1. The molecule has 3 aromatic rings. The van der Waals surface area contributed by atoms with Crippen molar-refractivity contribution >= 4 is 61.5 Å². The molecular weight excluding hydrogens is 502 g/mol. The molecule has 2 aromatic carbocycles. The molecule has 0 saturated carbocycles. The number of hydrogen-bond acceptors (Lipinski definition) is 3. The zero-order chi connectivity index (χ0) is 20.5. The van der Waals surface area contributed by atoms with Gasteiger partial charge in [-0.25, -0.2) is 9.69 Å². The molecule has 6 nitrogen and oxygen atoms in total. The number of barbiturate groups is 1. The molecule has 1 saturated heterocycles. The van der Waals surface area contributed by atoms with Gasteiger partial charge in [0, 0.05) is 26.5 Å². The highest BCUT2D eigenvalue weighted by molar-refractivity contribution is 9.10. The predicted molar refractivity (Wildman–Crippen MR) is 117 cm³/mol. The van der Waals surface area contributed by atoms with Crippen molar-refractivity contribution in [3.05, 3.63) is 87.1 Å². The van der Waals surface area contributed by atoms with Gasteiger partial charge in [-0.1, -0.05) is 37.9 Å². The number of rotatable bonds is 3. The molecule has 4 rings (SSSR count). The lowest BCUT2D eigenvalue weighted by Gasteiger charge is -2.26. The van der Waals surface area contributed by atoms with Gasteiger partial charge in [0.05, 0.1) is 5.69 Å². The Morgan fingerprint density at radius 1 is 0.828 bits per heavy atom. The summed E-state index contributed by atoms with van der Waals surface area (Å²) in [6.07, 6.45) is 3.31. The lowest BCUT2D eigenvalue weighted by molar-refractivity contribution is -0.122. The van der Waals surface area contributed by atoms with Gasteiger partial charge in [0.15, 0.2) is 0 Å². The third-order valence-corrected chi connectivity index (χ3v) is 5.37. The molecule has 1 aromatic heterocycles. The van der Waals surface area contributed by atoms with Gasteiger partial charge in [-0.2, -0.15) is 0 Å². The Kier molecular flexibility index (Phi) is 5.21. The van der Waals surface area contributed by atoms with Gasteiger partial charge in [0.1, 0.15) is 5.57 Å². The first-order chi connectivity index (χ1) is 13.9. The molecule has 1 N–H and O–H groups in total. The van der Waals surface area contributed by atoms with Crippen molar-refractivity contribution in [3.63, 3.8) is 0 Å².